The van der Waals surface area contributed by atoms with E-state index in [2.05, 4.69) is 0 Å². The van der Waals surface area contributed by atoms with Gasteiger partial charge in [-0.25, -0.2) is 4.79 Å². The SMILES string of the molecule is CC(C)OC(=O)O[C@H](C)[C@@H](C)OC(=O)[C@@H](N)Cc1ccc(O)c(O)c1.Cl. The summed E-state index contributed by atoms with van der Waals surface area (Å²) in [6.07, 6.45) is -2.46. The van der Waals surface area contributed by atoms with Crippen LogP contribution in [0.15, 0.2) is 18.2 Å². The highest BCUT2D eigenvalue weighted by molar-refractivity contribution is 5.85. The quantitative estimate of drug-likeness (QED) is 0.477. The predicted molar refractivity (Wildman–Crippen MR) is 96.4 cm³/mol. The van der Waals surface area contributed by atoms with E-state index >= 15 is 0 Å². The van der Waals surface area contributed by atoms with Crippen LogP contribution in [0.25, 0.3) is 0 Å². The first-order valence-electron chi connectivity index (χ1n) is 7.94. The molecule has 0 radical (unpaired) electrons. The van der Waals surface area contributed by atoms with Crippen LogP contribution in [0, 0.1) is 0 Å². The number of halogens is 1. The number of phenolic OH excluding ortho intramolecular Hbond substituents is 2. The number of hydrogen-bond donors (Lipinski definition) is 3. The number of rotatable bonds is 7. The van der Waals surface area contributed by atoms with Gasteiger partial charge in [0.2, 0.25) is 0 Å². The predicted octanol–water partition coefficient (Wildman–Crippen LogP) is 2.27. The molecule has 0 aliphatic rings. The summed E-state index contributed by atoms with van der Waals surface area (Å²) in [4.78, 5) is 23.5. The van der Waals surface area contributed by atoms with Crippen molar-refractivity contribution in [1.29, 1.82) is 0 Å². The minimum absolute atomic E-state index is 0. The van der Waals surface area contributed by atoms with Crippen molar-refractivity contribution in [2.75, 3.05) is 0 Å². The van der Waals surface area contributed by atoms with Crippen LogP contribution in [-0.4, -0.2) is 46.7 Å². The summed E-state index contributed by atoms with van der Waals surface area (Å²) in [5, 5.41) is 18.7. The van der Waals surface area contributed by atoms with Crippen molar-refractivity contribution >= 4 is 24.5 Å². The monoisotopic (exact) mass is 391 g/mol. The lowest BCUT2D eigenvalue weighted by Crippen LogP contribution is -2.39. The zero-order chi connectivity index (χ0) is 19.1. The molecule has 0 saturated heterocycles. The van der Waals surface area contributed by atoms with Gasteiger partial charge >= 0.3 is 12.1 Å². The van der Waals surface area contributed by atoms with Gasteiger partial charge in [-0.3, -0.25) is 4.79 Å². The number of hydrogen-bond acceptors (Lipinski definition) is 8. The number of carbonyl (C=O) groups is 2. The topological polar surface area (TPSA) is 128 Å². The summed E-state index contributed by atoms with van der Waals surface area (Å²) in [5.41, 5.74) is 6.37. The normalized spacial score (nSPS) is 13.9. The Labute approximate surface area is 158 Å². The molecule has 4 N–H and O–H groups in total. The molecule has 0 unspecified atom stereocenters. The van der Waals surface area contributed by atoms with Crippen molar-refractivity contribution in [1.82, 2.24) is 0 Å². The fourth-order valence-electron chi connectivity index (χ4n) is 1.87. The zero-order valence-corrected chi connectivity index (χ0v) is 16.0. The minimum atomic E-state index is -0.971. The van der Waals surface area contributed by atoms with Gasteiger partial charge in [-0.05, 0) is 51.8 Å². The maximum Gasteiger partial charge on any atom is 0.508 e. The van der Waals surface area contributed by atoms with E-state index in [0.29, 0.717) is 5.56 Å². The Bertz CT molecular complexity index is 609. The van der Waals surface area contributed by atoms with Crippen molar-refractivity contribution in [3.05, 3.63) is 23.8 Å². The summed E-state index contributed by atoms with van der Waals surface area (Å²) in [6, 6.07) is 3.20. The third kappa shape index (κ3) is 7.79. The standard InChI is InChI=1S/C17H25NO7.ClH/c1-9(2)23-17(22)25-11(4)10(3)24-16(21)13(18)7-12-5-6-14(19)15(20)8-12;/h5-6,8-11,13,19-20H,7,18H2,1-4H3;1H/t10-,11-,13+;/m1./s1. The molecule has 8 nitrogen and oxygen atoms in total. The molecule has 3 atom stereocenters. The second-order valence-electron chi connectivity index (χ2n) is 6.02. The van der Waals surface area contributed by atoms with E-state index in [0.717, 1.165) is 0 Å². The largest absolute Gasteiger partial charge is 0.508 e. The smallest absolute Gasteiger partial charge is 0.504 e. The molecular formula is C17H26ClNO7. The Balaban J connectivity index is 0.00000625. The van der Waals surface area contributed by atoms with E-state index in [4.69, 9.17) is 19.9 Å². The number of esters is 1. The van der Waals surface area contributed by atoms with Crippen LogP contribution < -0.4 is 5.73 Å². The number of ether oxygens (including phenoxy) is 3. The van der Waals surface area contributed by atoms with E-state index in [1.165, 1.54) is 12.1 Å². The van der Waals surface area contributed by atoms with Crippen LogP contribution in [0.1, 0.15) is 33.3 Å². The first kappa shape index (κ1) is 23.8. The maximum absolute atomic E-state index is 12.0. The summed E-state index contributed by atoms with van der Waals surface area (Å²) in [7, 11) is 0. The van der Waals surface area contributed by atoms with Crippen LogP contribution in [0.5, 0.6) is 11.5 Å². The molecule has 0 bridgehead atoms. The van der Waals surface area contributed by atoms with Gasteiger partial charge in [0.15, 0.2) is 11.5 Å². The summed E-state index contributed by atoms with van der Waals surface area (Å²) in [5.74, 6) is -1.22. The highest BCUT2D eigenvalue weighted by atomic mass is 35.5. The van der Waals surface area contributed by atoms with Crippen LogP contribution in [0.2, 0.25) is 0 Å². The Hall–Kier alpha value is -2.19. The zero-order valence-electron chi connectivity index (χ0n) is 15.2. The van der Waals surface area contributed by atoms with Crippen LogP contribution in [-0.2, 0) is 25.4 Å². The molecule has 1 aromatic rings. The second-order valence-corrected chi connectivity index (χ2v) is 6.02. The molecule has 0 heterocycles. The molecule has 26 heavy (non-hydrogen) atoms. The lowest BCUT2D eigenvalue weighted by molar-refractivity contribution is -0.155. The van der Waals surface area contributed by atoms with Gasteiger partial charge in [0.05, 0.1) is 6.10 Å². The first-order valence-corrected chi connectivity index (χ1v) is 7.94. The van der Waals surface area contributed by atoms with Gasteiger partial charge < -0.3 is 30.2 Å². The van der Waals surface area contributed by atoms with E-state index in [1.54, 1.807) is 33.8 Å². The molecule has 0 aromatic heterocycles. The maximum atomic E-state index is 12.0. The molecule has 0 fully saturated rings. The highest BCUT2D eigenvalue weighted by Gasteiger charge is 2.25. The van der Waals surface area contributed by atoms with Crippen molar-refractivity contribution in [2.45, 2.75) is 58.5 Å². The van der Waals surface area contributed by atoms with E-state index in [-0.39, 0.29) is 36.4 Å². The summed E-state index contributed by atoms with van der Waals surface area (Å²) < 4.78 is 15.1. The van der Waals surface area contributed by atoms with E-state index in [9.17, 15) is 19.8 Å². The average Bonchev–Trinajstić information content (AvgIpc) is 2.49. The molecule has 148 valence electrons. The highest BCUT2D eigenvalue weighted by Crippen LogP contribution is 2.25. The lowest BCUT2D eigenvalue weighted by Gasteiger charge is -2.22. The van der Waals surface area contributed by atoms with Gasteiger partial charge in [0, 0.05) is 0 Å². The van der Waals surface area contributed by atoms with E-state index in [1.807, 2.05) is 0 Å². The third-order valence-electron chi connectivity index (χ3n) is 3.38. The fourth-order valence-corrected chi connectivity index (χ4v) is 1.87. The Morgan fingerprint density at radius 2 is 1.58 bits per heavy atom. The molecular weight excluding hydrogens is 366 g/mol. The second kappa shape index (κ2) is 10.7. The Morgan fingerprint density at radius 1 is 1.00 bits per heavy atom. The number of nitrogens with two attached hydrogens (primary N) is 1. The van der Waals surface area contributed by atoms with Crippen molar-refractivity contribution < 1.29 is 34.0 Å². The molecule has 0 aliphatic heterocycles. The van der Waals surface area contributed by atoms with Crippen LogP contribution in [0.3, 0.4) is 0 Å². The van der Waals surface area contributed by atoms with Gasteiger partial charge in [-0.2, -0.15) is 0 Å². The molecule has 0 amide bonds. The number of phenols is 2. The average molecular weight is 392 g/mol. The van der Waals surface area contributed by atoms with Crippen molar-refractivity contribution in [3.8, 4) is 11.5 Å². The molecule has 0 saturated carbocycles. The Kier molecular flexibility index (Phi) is 9.82. The van der Waals surface area contributed by atoms with E-state index < -0.39 is 30.4 Å². The van der Waals surface area contributed by atoms with Gasteiger partial charge in [-0.1, -0.05) is 6.07 Å². The van der Waals surface area contributed by atoms with Crippen LogP contribution in [0.4, 0.5) is 4.79 Å². The number of aromatic hydroxyl groups is 2. The molecule has 0 spiro atoms. The molecule has 1 aromatic carbocycles. The van der Waals surface area contributed by atoms with Gasteiger partial charge in [0.25, 0.3) is 0 Å². The third-order valence-corrected chi connectivity index (χ3v) is 3.38. The number of carbonyl (C=O) groups excluding carboxylic acids is 2. The summed E-state index contributed by atoms with van der Waals surface area (Å²) >= 11 is 0. The van der Waals surface area contributed by atoms with Gasteiger partial charge in [-0.15, -0.1) is 12.4 Å². The molecule has 0 aliphatic carbocycles. The Morgan fingerprint density at radius 3 is 2.12 bits per heavy atom. The first-order chi connectivity index (χ1) is 11.6. The summed E-state index contributed by atoms with van der Waals surface area (Å²) in [6.45, 7) is 6.53. The van der Waals surface area contributed by atoms with Crippen molar-refractivity contribution in [3.63, 3.8) is 0 Å². The number of benzene rings is 1. The van der Waals surface area contributed by atoms with Crippen LogP contribution >= 0.6 is 12.4 Å². The minimum Gasteiger partial charge on any atom is -0.504 e. The molecule has 1 rings (SSSR count). The lowest BCUT2D eigenvalue weighted by atomic mass is 10.1. The van der Waals surface area contributed by atoms with Gasteiger partial charge in [0.1, 0.15) is 18.2 Å². The van der Waals surface area contributed by atoms with Crippen molar-refractivity contribution in [2.24, 2.45) is 5.73 Å². The fraction of sp³-hybridized carbons (Fsp3) is 0.529. The molecule has 9 heteroatoms.